The number of piperidine rings is 1. The molecule has 1 aliphatic carbocycles. The Kier molecular flexibility index (Phi) is 3.78. The third-order valence-electron chi connectivity index (χ3n) is 5.27. The third kappa shape index (κ3) is 3.07. The van der Waals surface area contributed by atoms with Gasteiger partial charge < -0.3 is 10.2 Å². The highest BCUT2D eigenvalue weighted by Crippen LogP contribution is 2.38. The van der Waals surface area contributed by atoms with Crippen molar-refractivity contribution >= 4 is 0 Å². The molecule has 2 nitrogen and oxygen atoms in total. The van der Waals surface area contributed by atoms with Gasteiger partial charge in [0.05, 0.1) is 5.92 Å². The predicted octanol–water partition coefficient (Wildman–Crippen LogP) is 2.79. The minimum Gasteiger partial charge on any atom is -0.311 e. The Bertz CT molecular complexity index is 310. The van der Waals surface area contributed by atoms with Gasteiger partial charge in [-0.1, -0.05) is 0 Å². The zero-order chi connectivity index (χ0) is 13.5. The largest absolute Gasteiger partial charge is 0.391 e. The van der Waals surface area contributed by atoms with Crippen molar-refractivity contribution in [1.82, 2.24) is 10.2 Å². The number of nitrogens with one attached hydrogen (secondary N) is 1. The summed E-state index contributed by atoms with van der Waals surface area (Å²) in [6.07, 6.45) is 0.449. The average Bonchev–Trinajstić information content (AvgIpc) is 2.75. The molecule has 3 rings (SSSR count). The molecule has 1 N–H and O–H groups in total. The smallest absolute Gasteiger partial charge is 0.311 e. The molecule has 1 saturated carbocycles. The van der Waals surface area contributed by atoms with Crippen molar-refractivity contribution in [3.8, 4) is 0 Å². The maximum absolute atomic E-state index is 12.6. The fraction of sp³-hybridized carbons (Fsp3) is 1.00. The fourth-order valence-electron chi connectivity index (χ4n) is 4.06. The number of nitrogens with zero attached hydrogens (tertiary/aromatic N) is 1. The van der Waals surface area contributed by atoms with Crippen molar-refractivity contribution in [2.45, 2.75) is 56.8 Å². The van der Waals surface area contributed by atoms with Gasteiger partial charge in [0.1, 0.15) is 0 Å². The first-order valence-electron chi connectivity index (χ1n) is 7.57. The van der Waals surface area contributed by atoms with Crippen LogP contribution in [0.15, 0.2) is 0 Å². The number of hydrogen-bond acceptors (Lipinski definition) is 2. The maximum Gasteiger partial charge on any atom is 0.391 e. The Morgan fingerprint density at radius 1 is 0.895 bits per heavy atom. The SMILES string of the molecule is FC(F)(F)C1CCC(NC2CCN3CCC2C3)CC1. The van der Waals surface area contributed by atoms with Crippen molar-refractivity contribution in [3.05, 3.63) is 0 Å². The number of rotatable bonds is 2. The Morgan fingerprint density at radius 2 is 1.58 bits per heavy atom. The quantitative estimate of drug-likeness (QED) is 0.834. The van der Waals surface area contributed by atoms with Crippen LogP contribution in [0.1, 0.15) is 38.5 Å². The van der Waals surface area contributed by atoms with Gasteiger partial charge in [-0.25, -0.2) is 0 Å². The first-order valence-corrected chi connectivity index (χ1v) is 7.57. The number of hydrogen-bond donors (Lipinski definition) is 1. The van der Waals surface area contributed by atoms with Crippen LogP contribution < -0.4 is 5.32 Å². The van der Waals surface area contributed by atoms with E-state index >= 15 is 0 Å². The summed E-state index contributed by atoms with van der Waals surface area (Å²) in [5.41, 5.74) is 0. The third-order valence-corrected chi connectivity index (χ3v) is 5.27. The van der Waals surface area contributed by atoms with Crippen LogP contribution in [0.2, 0.25) is 0 Å². The second-order valence-corrected chi connectivity index (χ2v) is 6.50. The lowest BCUT2D eigenvalue weighted by molar-refractivity contribution is -0.182. The molecular formula is C14H23F3N2. The summed E-state index contributed by atoms with van der Waals surface area (Å²) >= 11 is 0. The molecule has 2 aliphatic heterocycles. The topological polar surface area (TPSA) is 15.3 Å². The van der Waals surface area contributed by atoms with Gasteiger partial charge in [0.15, 0.2) is 0 Å². The van der Waals surface area contributed by atoms with E-state index in [9.17, 15) is 13.2 Å². The Balaban J connectivity index is 1.47. The van der Waals surface area contributed by atoms with Crippen molar-refractivity contribution < 1.29 is 13.2 Å². The first-order chi connectivity index (χ1) is 9.02. The van der Waals surface area contributed by atoms with Gasteiger partial charge >= 0.3 is 6.18 Å². The van der Waals surface area contributed by atoms with E-state index in [-0.39, 0.29) is 0 Å². The molecule has 5 heteroatoms. The lowest BCUT2D eigenvalue weighted by Gasteiger charge is -2.37. The molecule has 110 valence electrons. The Hall–Kier alpha value is -0.290. The van der Waals surface area contributed by atoms with Crippen LogP contribution in [0, 0.1) is 11.8 Å². The van der Waals surface area contributed by atoms with Crippen LogP contribution in [0.5, 0.6) is 0 Å². The summed E-state index contributed by atoms with van der Waals surface area (Å²) in [7, 11) is 0. The molecule has 0 aromatic carbocycles. The maximum atomic E-state index is 12.6. The number of fused-ring (bicyclic) bond motifs is 2. The molecule has 3 fully saturated rings. The van der Waals surface area contributed by atoms with E-state index in [1.807, 2.05) is 0 Å². The standard InChI is InChI=1S/C14H23F3N2/c15-14(16,17)11-1-3-12(4-2-11)18-13-6-8-19-7-5-10(13)9-19/h10-13,18H,1-9H2. The normalized spacial score (nSPS) is 43.4. The number of alkyl halides is 3. The van der Waals surface area contributed by atoms with Gasteiger partial charge in [0.25, 0.3) is 0 Å². The van der Waals surface area contributed by atoms with Crippen LogP contribution in [0.3, 0.4) is 0 Å². The van der Waals surface area contributed by atoms with Gasteiger partial charge in [0.2, 0.25) is 0 Å². The Labute approximate surface area is 112 Å². The monoisotopic (exact) mass is 276 g/mol. The molecule has 2 bridgehead atoms. The summed E-state index contributed by atoms with van der Waals surface area (Å²) in [6, 6.07) is 0.863. The summed E-state index contributed by atoms with van der Waals surface area (Å²) in [4.78, 5) is 2.50. The molecule has 3 unspecified atom stereocenters. The van der Waals surface area contributed by atoms with Crippen molar-refractivity contribution in [1.29, 1.82) is 0 Å². The molecule has 0 amide bonds. The molecule has 0 aromatic heterocycles. The van der Waals surface area contributed by atoms with Crippen molar-refractivity contribution in [2.24, 2.45) is 11.8 Å². The van der Waals surface area contributed by atoms with E-state index in [1.54, 1.807) is 0 Å². The first kappa shape index (κ1) is 13.7. The van der Waals surface area contributed by atoms with E-state index in [4.69, 9.17) is 0 Å². The summed E-state index contributed by atoms with van der Waals surface area (Å²) in [5, 5.41) is 3.66. The minimum atomic E-state index is -3.98. The highest BCUT2D eigenvalue weighted by atomic mass is 19.4. The lowest BCUT2D eigenvalue weighted by Crippen LogP contribution is -2.49. The van der Waals surface area contributed by atoms with Gasteiger partial charge in [-0.15, -0.1) is 0 Å². The highest BCUT2D eigenvalue weighted by Gasteiger charge is 2.42. The molecule has 2 saturated heterocycles. The highest BCUT2D eigenvalue weighted by molar-refractivity contribution is 4.93. The van der Waals surface area contributed by atoms with Crippen LogP contribution in [-0.4, -0.2) is 42.8 Å². The number of halogens is 3. The van der Waals surface area contributed by atoms with Crippen LogP contribution in [0.4, 0.5) is 13.2 Å². The van der Waals surface area contributed by atoms with Crippen molar-refractivity contribution in [2.75, 3.05) is 19.6 Å². The molecular weight excluding hydrogens is 253 g/mol. The second-order valence-electron chi connectivity index (χ2n) is 6.50. The molecule has 3 aliphatic rings. The van der Waals surface area contributed by atoms with Crippen LogP contribution in [0.25, 0.3) is 0 Å². The molecule has 3 atom stereocenters. The van der Waals surface area contributed by atoms with Gasteiger partial charge in [0, 0.05) is 18.6 Å². The van der Waals surface area contributed by atoms with Crippen LogP contribution >= 0.6 is 0 Å². The summed E-state index contributed by atoms with van der Waals surface area (Å²) in [5.74, 6) is -0.326. The molecule has 0 aromatic rings. The molecule has 0 spiro atoms. The molecule has 0 radical (unpaired) electrons. The fourth-order valence-corrected chi connectivity index (χ4v) is 4.06. The van der Waals surface area contributed by atoms with Crippen molar-refractivity contribution in [3.63, 3.8) is 0 Å². The zero-order valence-electron chi connectivity index (χ0n) is 11.3. The van der Waals surface area contributed by atoms with Crippen LogP contribution in [-0.2, 0) is 0 Å². The van der Waals surface area contributed by atoms with E-state index in [1.165, 1.54) is 25.9 Å². The average molecular weight is 276 g/mol. The summed E-state index contributed by atoms with van der Waals surface area (Å²) in [6.45, 7) is 3.56. The summed E-state index contributed by atoms with van der Waals surface area (Å²) < 4.78 is 37.9. The lowest BCUT2D eigenvalue weighted by atomic mass is 9.84. The van der Waals surface area contributed by atoms with E-state index < -0.39 is 12.1 Å². The zero-order valence-corrected chi connectivity index (χ0v) is 11.3. The second kappa shape index (κ2) is 5.24. The minimum absolute atomic E-state index is 0.310. The van der Waals surface area contributed by atoms with E-state index in [2.05, 4.69) is 10.2 Å². The van der Waals surface area contributed by atoms with Gasteiger partial charge in [-0.3, -0.25) is 0 Å². The molecule has 19 heavy (non-hydrogen) atoms. The predicted molar refractivity (Wildman–Crippen MR) is 67.9 cm³/mol. The van der Waals surface area contributed by atoms with Gasteiger partial charge in [-0.05, 0) is 57.5 Å². The Morgan fingerprint density at radius 3 is 2.26 bits per heavy atom. The van der Waals surface area contributed by atoms with E-state index in [0.717, 1.165) is 12.5 Å². The van der Waals surface area contributed by atoms with Gasteiger partial charge in [-0.2, -0.15) is 13.2 Å². The molecule has 2 heterocycles. The van der Waals surface area contributed by atoms with E-state index in [0.29, 0.717) is 37.8 Å².